The first kappa shape index (κ1) is 17.4. The molecule has 1 aliphatic heterocycles. The van der Waals surface area contributed by atoms with Crippen molar-refractivity contribution < 1.29 is 14.3 Å². The van der Waals surface area contributed by atoms with E-state index in [2.05, 4.69) is 5.32 Å². The van der Waals surface area contributed by atoms with E-state index in [9.17, 15) is 9.59 Å². The van der Waals surface area contributed by atoms with Crippen LogP contribution in [0.25, 0.3) is 0 Å². The second-order valence-electron chi connectivity index (χ2n) is 4.91. The van der Waals surface area contributed by atoms with Gasteiger partial charge in [-0.1, -0.05) is 12.1 Å². The number of nitrogens with one attached hydrogen (secondary N) is 1. The van der Waals surface area contributed by atoms with E-state index in [1.807, 2.05) is 0 Å². The highest BCUT2D eigenvalue weighted by atomic mass is 35.5. The van der Waals surface area contributed by atoms with E-state index in [4.69, 9.17) is 16.2 Å². The number of hydrogen-bond donors (Lipinski definition) is 3. The summed E-state index contributed by atoms with van der Waals surface area (Å²) in [6, 6.07) is 5.18. The topological polar surface area (TPSA) is 107 Å². The lowest BCUT2D eigenvalue weighted by atomic mass is 10.1. The van der Waals surface area contributed by atoms with Crippen molar-refractivity contribution in [2.45, 2.75) is 32.0 Å². The van der Waals surface area contributed by atoms with Crippen molar-refractivity contribution in [2.24, 2.45) is 11.5 Å². The summed E-state index contributed by atoms with van der Waals surface area (Å²) in [5.41, 5.74) is 12.3. The van der Waals surface area contributed by atoms with Gasteiger partial charge in [0.1, 0.15) is 6.10 Å². The predicted molar refractivity (Wildman–Crippen MR) is 82.5 cm³/mol. The quantitative estimate of drug-likeness (QED) is 0.769. The van der Waals surface area contributed by atoms with Crippen LogP contribution >= 0.6 is 12.4 Å². The number of nitrogens with two attached hydrogens (primary N) is 2. The molecule has 0 aromatic heterocycles. The van der Waals surface area contributed by atoms with E-state index in [0.29, 0.717) is 24.2 Å². The zero-order chi connectivity index (χ0) is 14.7. The number of rotatable bonds is 4. The summed E-state index contributed by atoms with van der Waals surface area (Å²) in [5, 5.41) is 2.71. The van der Waals surface area contributed by atoms with Gasteiger partial charge in [0, 0.05) is 6.54 Å². The molecule has 2 rings (SSSR count). The van der Waals surface area contributed by atoms with Crippen molar-refractivity contribution in [1.82, 2.24) is 0 Å². The molecule has 0 radical (unpaired) electrons. The van der Waals surface area contributed by atoms with Crippen LogP contribution in [0.4, 0.5) is 5.69 Å². The van der Waals surface area contributed by atoms with Crippen LogP contribution < -0.4 is 16.8 Å². The molecule has 0 saturated carbocycles. The zero-order valence-corrected chi connectivity index (χ0v) is 12.6. The molecular weight excluding hydrogens is 294 g/mol. The van der Waals surface area contributed by atoms with Crippen LogP contribution in [-0.4, -0.2) is 30.6 Å². The summed E-state index contributed by atoms with van der Waals surface area (Å²) >= 11 is 0. The molecular formula is C14H20ClN3O3. The van der Waals surface area contributed by atoms with Crippen molar-refractivity contribution in [2.75, 3.05) is 11.9 Å². The zero-order valence-electron chi connectivity index (χ0n) is 11.8. The van der Waals surface area contributed by atoms with Gasteiger partial charge in [-0.15, -0.1) is 12.4 Å². The Balaban J connectivity index is 0.00000220. The third-order valence-electron chi connectivity index (χ3n) is 3.44. The highest BCUT2D eigenvalue weighted by Gasteiger charge is 2.30. The standard InChI is InChI=1S/C14H19N3O3.ClH/c1-8-3-2-4-10(12(8)13(16)18)17-14(19)11-6-5-9(7-15)20-11;/h2-4,9,11H,5-7,15H2,1H3,(H2,16,18)(H,17,19);1H/t9-,11+;/m1./s1. The monoisotopic (exact) mass is 313 g/mol. The second-order valence-corrected chi connectivity index (χ2v) is 4.91. The molecule has 1 aliphatic rings. The van der Waals surface area contributed by atoms with Gasteiger partial charge in [0.05, 0.1) is 17.4 Å². The molecule has 0 aliphatic carbocycles. The van der Waals surface area contributed by atoms with Crippen LogP contribution in [-0.2, 0) is 9.53 Å². The molecule has 0 unspecified atom stereocenters. The minimum absolute atomic E-state index is 0. The third kappa shape index (κ3) is 3.93. The van der Waals surface area contributed by atoms with Gasteiger partial charge in [-0.25, -0.2) is 0 Å². The van der Waals surface area contributed by atoms with E-state index < -0.39 is 12.0 Å². The van der Waals surface area contributed by atoms with Gasteiger partial charge in [0.2, 0.25) is 0 Å². The number of anilines is 1. The van der Waals surface area contributed by atoms with Crippen molar-refractivity contribution >= 4 is 29.9 Å². The molecule has 7 heteroatoms. The number of primary amides is 1. The first-order valence-corrected chi connectivity index (χ1v) is 6.58. The summed E-state index contributed by atoms with van der Waals surface area (Å²) in [4.78, 5) is 23.6. The first-order valence-electron chi connectivity index (χ1n) is 6.58. The number of carbonyl (C=O) groups excluding carboxylic acids is 2. The fourth-order valence-corrected chi connectivity index (χ4v) is 2.38. The normalized spacial score (nSPS) is 20.7. The average molecular weight is 314 g/mol. The van der Waals surface area contributed by atoms with Gasteiger partial charge in [-0.2, -0.15) is 0 Å². The Kier molecular flexibility index (Phi) is 6.14. The minimum Gasteiger partial charge on any atom is -0.366 e. The summed E-state index contributed by atoms with van der Waals surface area (Å²) in [7, 11) is 0. The maximum atomic E-state index is 12.1. The molecule has 116 valence electrons. The Labute approximate surface area is 129 Å². The fourth-order valence-electron chi connectivity index (χ4n) is 2.38. The van der Waals surface area contributed by atoms with E-state index >= 15 is 0 Å². The lowest BCUT2D eigenvalue weighted by Crippen LogP contribution is -2.30. The number of carbonyl (C=O) groups is 2. The third-order valence-corrected chi connectivity index (χ3v) is 3.44. The fraction of sp³-hybridized carbons (Fsp3) is 0.429. The largest absolute Gasteiger partial charge is 0.366 e. The van der Waals surface area contributed by atoms with E-state index in [1.165, 1.54) is 0 Å². The minimum atomic E-state index is -0.564. The van der Waals surface area contributed by atoms with Gasteiger partial charge in [-0.3, -0.25) is 9.59 Å². The summed E-state index contributed by atoms with van der Waals surface area (Å²) in [5.74, 6) is -0.834. The Morgan fingerprint density at radius 2 is 2.10 bits per heavy atom. The Morgan fingerprint density at radius 1 is 1.38 bits per heavy atom. The average Bonchev–Trinajstić information content (AvgIpc) is 2.87. The van der Waals surface area contributed by atoms with Crippen LogP contribution in [0, 0.1) is 6.92 Å². The van der Waals surface area contributed by atoms with Gasteiger partial charge < -0.3 is 21.5 Å². The molecule has 2 amide bonds. The maximum absolute atomic E-state index is 12.1. The van der Waals surface area contributed by atoms with Crippen molar-refractivity contribution in [1.29, 1.82) is 0 Å². The van der Waals surface area contributed by atoms with E-state index in [-0.39, 0.29) is 24.4 Å². The molecule has 1 fully saturated rings. The molecule has 2 atom stereocenters. The van der Waals surface area contributed by atoms with Gasteiger partial charge in [0.15, 0.2) is 0 Å². The number of amides is 2. The van der Waals surface area contributed by atoms with Gasteiger partial charge in [-0.05, 0) is 31.4 Å². The number of halogens is 1. The van der Waals surface area contributed by atoms with Crippen molar-refractivity contribution in [3.8, 4) is 0 Å². The van der Waals surface area contributed by atoms with Crippen molar-refractivity contribution in [3.63, 3.8) is 0 Å². The maximum Gasteiger partial charge on any atom is 0.253 e. The molecule has 1 saturated heterocycles. The Morgan fingerprint density at radius 3 is 2.67 bits per heavy atom. The van der Waals surface area contributed by atoms with Gasteiger partial charge in [0.25, 0.3) is 11.8 Å². The number of hydrogen-bond acceptors (Lipinski definition) is 4. The van der Waals surface area contributed by atoms with Crippen LogP contribution in [0.2, 0.25) is 0 Å². The van der Waals surface area contributed by atoms with Crippen molar-refractivity contribution in [3.05, 3.63) is 29.3 Å². The predicted octanol–water partition coefficient (Wildman–Crippen LogP) is 0.961. The SMILES string of the molecule is Cc1cccc(NC(=O)[C@@H]2CC[C@H](CN)O2)c1C(N)=O.Cl. The lowest BCUT2D eigenvalue weighted by molar-refractivity contribution is -0.126. The molecule has 1 aromatic carbocycles. The highest BCUT2D eigenvalue weighted by molar-refractivity contribution is 6.05. The van der Waals surface area contributed by atoms with E-state index in [1.54, 1.807) is 25.1 Å². The molecule has 5 N–H and O–H groups in total. The Hall–Kier alpha value is -1.63. The lowest BCUT2D eigenvalue weighted by Gasteiger charge is -2.15. The number of ether oxygens (including phenoxy) is 1. The second kappa shape index (κ2) is 7.40. The summed E-state index contributed by atoms with van der Waals surface area (Å²) in [6.07, 6.45) is 0.805. The molecule has 1 heterocycles. The molecule has 1 aromatic rings. The van der Waals surface area contributed by atoms with Crippen LogP contribution in [0.3, 0.4) is 0 Å². The highest BCUT2D eigenvalue weighted by Crippen LogP contribution is 2.23. The smallest absolute Gasteiger partial charge is 0.253 e. The molecule has 6 nitrogen and oxygen atoms in total. The van der Waals surface area contributed by atoms with Crippen LogP contribution in [0.5, 0.6) is 0 Å². The Bertz CT molecular complexity index is 536. The molecule has 0 spiro atoms. The summed E-state index contributed by atoms with van der Waals surface area (Å²) in [6.45, 7) is 2.17. The van der Waals surface area contributed by atoms with E-state index in [0.717, 1.165) is 12.0 Å². The van der Waals surface area contributed by atoms with Gasteiger partial charge >= 0.3 is 0 Å². The summed E-state index contributed by atoms with van der Waals surface area (Å²) < 4.78 is 5.52. The van der Waals surface area contributed by atoms with Crippen LogP contribution in [0.1, 0.15) is 28.8 Å². The van der Waals surface area contributed by atoms with Crippen LogP contribution in [0.15, 0.2) is 18.2 Å². The first-order chi connectivity index (χ1) is 9.52. The number of aryl methyl sites for hydroxylation is 1. The molecule has 21 heavy (non-hydrogen) atoms. The molecule has 0 bridgehead atoms. The number of benzene rings is 1.